The molecular weight excluding hydrogens is 524 g/mol. The third-order valence-electron chi connectivity index (χ3n) is 6.68. The van der Waals surface area contributed by atoms with E-state index in [1.165, 1.54) is 0 Å². The quantitative estimate of drug-likeness (QED) is 0.182. The van der Waals surface area contributed by atoms with E-state index in [0.717, 1.165) is 55.7 Å². The van der Waals surface area contributed by atoms with Crippen LogP contribution in [0.1, 0.15) is 94.0 Å². The van der Waals surface area contributed by atoms with Crippen LogP contribution in [0.5, 0.6) is 0 Å². The number of amides is 2. The molecule has 1 aromatic carbocycles. The molecule has 3 rings (SSSR count). The van der Waals surface area contributed by atoms with Crippen LogP contribution in [0.25, 0.3) is 5.70 Å². The van der Waals surface area contributed by atoms with Crippen molar-refractivity contribution in [1.29, 1.82) is 0 Å². The van der Waals surface area contributed by atoms with Gasteiger partial charge in [-0.05, 0) is 55.5 Å². The first kappa shape index (κ1) is 34.8. The van der Waals surface area contributed by atoms with Crippen LogP contribution in [0.4, 0.5) is 5.82 Å². The molecule has 2 aromatic rings. The first-order valence-corrected chi connectivity index (χ1v) is 14.6. The van der Waals surface area contributed by atoms with E-state index in [4.69, 9.17) is 29.4 Å². The van der Waals surface area contributed by atoms with Crippen LogP contribution in [0, 0.1) is 4.64 Å². The number of nitrogens with one attached hydrogen (secondary N) is 2. The van der Waals surface area contributed by atoms with Crippen LogP contribution in [-0.2, 0) is 11.2 Å². The largest absolute Gasteiger partial charge is 0.398 e. The Morgan fingerprint density at radius 2 is 1.68 bits per heavy atom. The Kier molecular flexibility index (Phi) is 15.2. The highest BCUT2D eigenvalue weighted by molar-refractivity contribution is 7.71. The third kappa shape index (κ3) is 9.46. The number of hydrogen-bond acceptors (Lipinski definition) is 7. The second kappa shape index (κ2) is 17.5. The number of benzene rings is 1. The van der Waals surface area contributed by atoms with Gasteiger partial charge in [0.15, 0.2) is 0 Å². The number of H-pyrrole nitrogens is 1. The number of nitrogens with two attached hydrogens (primary N) is 3. The number of anilines is 1. The molecule has 40 heavy (non-hydrogen) atoms. The van der Waals surface area contributed by atoms with Gasteiger partial charge in [-0.25, -0.2) is 0 Å². The zero-order valence-electron chi connectivity index (χ0n) is 24.8. The summed E-state index contributed by atoms with van der Waals surface area (Å²) < 4.78 is 0.500. The topological polar surface area (TPSA) is 163 Å². The molecule has 0 radical (unpaired) electrons. The molecule has 2 amide bonds. The first-order chi connectivity index (χ1) is 19.1. The van der Waals surface area contributed by atoms with Gasteiger partial charge in [0, 0.05) is 42.4 Å². The predicted molar refractivity (Wildman–Crippen MR) is 167 cm³/mol. The van der Waals surface area contributed by atoms with E-state index in [0.29, 0.717) is 33.6 Å². The summed E-state index contributed by atoms with van der Waals surface area (Å²) in [5.41, 5.74) is 20.4. The molecule has 10 heteroatoms. The summed E-state index contributed by atoms with van der Waals surface area (Å²) in [5, 5.41) is 14.0. The van der Waals surface area contributed by atoms with Crippen molar-refractivity contribution >= 4 is 35.5 Å². The Labute approximate surface area is 244 Å². The molecule has 222 valence electrons. The molecule has 0 saturated carbocycles. The van der Waals surface area contributed by atoms with Crippen molar-refractivity contribution in [2.24, 2.45) is 17.2 Å². The number of carbonyl (C=O) groups excluding carboxylic acids is 2. The van der Waals surface area contributed by atoms with Gasteiger partial charge in [0.05, 0.1) is 11.8 Å². The Balaban J connectivity index is 0.00000191. The van der Waals surface area contributed by atoms with Gasteiger partial charge >= 0.3 is 0 Å². The lowest BCUT2D eigenvalue weighted by atomic mass is 9.99. The highest BCUT2D eigenvalue weighted by atomic mass is 32.1. The van der Waals surface area contributed by atoms with Crippen LogP contribution >= 0.6 is 12.2 Å². The molecule has 0 bridgehead atoms. The number of carbonyl (C=O) groups is 2. The van der Waals surface area contributed by atoms with Crippen LogP contribution in [0.15, 0.2) is 35.9 Å². The number of pyridine rings is 1. The van der Waals surface area contributed by atoms with Crippen molar-refractivity contribution in [3.05, 3.63) is 62.8 Å². The summed E-state index contributed by atoms with van der Waals surface area (Å²) in [6.07, 6.45) is 2.83. The third-order valence-corrected chi connectivity index (χ3v) is 6.98. The Hall–Kier alpha value is -3.21. The normalized spacial score (nSPS) is 14.6. The minimum atomic E-state index is -0.674. The molecule has 0 aliphatic carbocycles. The van der Waals surface area contributed by atoms with Gasteiger partial charge in [-0.3, -0.25) is 9.59 Å². The molecule has 2 heterocycles. The average molecular weight is 573 g/mol. The second-order valence-corrected chi connectivity index (χ2v) is 9.62. The van der Waals surface area contributed by atoms with E-state index in [1.807, 2.05) is 27.7 Å². The van der Waals surface area contributed by atoms with Crippen LogP contribution in [-0.4, -0.2) is 47.6 Å². The number of piperidine rings is 1. The number of aryl methyl sites for hydroxylation is 1. The lowest BCUT2D eigenvalue weighted by Crippen LogP contribution is -2.44. The molecule has 1 unspecified atom stereocenters. The van der Waals surface area contributed by atoms with E-state index < -0.39 is 17.9 Å². The fraction of sp³-hybridized carbons (Fsp3) is 0.500. The second-order valence-electron chi connectivity index (χ2n) is 9.21. The molecule has 1 atom stereocenters. The summed E-state index contributed by atoms with van der Waals surface area (Å²) >= 11 is 5.64. The molecular formula is C30H48N6O3S. The van der Waals surface area contributed by atoms with Crippen molar-refractivity contribution in [2.75, 3.05) is 24.5 Å². The molecule has 1 aliphatic heterocycles. The Bertz CT molecular complexity index is 1180. The number of aliphatic hydroxyl groups is 1. The minimum absolute atomic E-state index is 0.273. The van der Waals surface area contributed by atoms with E-state index in [1.54, 1.807) is 31.2 Å². The zero-order valence-corrected chi connectivity index (χ0v) is 25.7. The summed E-state index contributed by atoms with van der Waals surface area (Å²) in [5.74, 6) is -0.112. The van der Waals surface area contributed by atoms with Crippen molar-refractivity contribution in [2.45, 2.75) is 79.4 Å². The van der Waals surface area contributed by atoms with Gasteiger partial charge in [0.2, 0.25) is 11.8 Å². The lowest BCUT2D eigenvalue weighted by Gasteiger charge is -2.34. The van der Waals surface area contributed by atoms with Gasteiger partial charge in [0.25, 0.3) is 0 Å². The maximum atomic E-state index is 11.6. The molecule has 9 N–H and O–H groups in total. The highest BCUT2D eigenvalue weighted by Gasteiger charge is 2.22. The van der Waals surface area contributed by atoms with Crippen LogP contribution in [0.2, 0.25) is 0 Å². The van der Waals surface area contributed by atoms with E-state index >= 15 is 0 Å². The number of hydrogen-bond donors (Lipinski definition) is 6. The van der Waals surface area contributed by atoms with Crippen molar-refractivity contribution in [3.63, 3.8) is 0 Å². The molecule has 9 nitrogen and oxygen atoms in total. The number of aromatic amines is 1. The number of primary amides is 2. The average Bonchev–Trinajstić information content (AvgIpc) is 2.97. The van der Waals surface area contributed by atoms with Crippen LogP contribution in [0.3, 0.4) is 0 Å². The first-order valence-electron chi connectivity index (χ1n) is 14.2. The summed E-state index contributed by atoms with van der Waals surface area (Å²) in [7, 11) is 0. The molecule has 1 aromatic heterocycles. The van der Waals surface area contributed by atoms with Crippen molar-refractivity contribution in [1.82, 2.24) is 10.3 Å². The van der Waals surface area contributed by atoms with Gasteiger partial charge in [-0.15, -0.1) is 0 Å². The molecule has 1 fully saturated rings. The summed E-state index contributed by atoms with van der Waals surface area (Å²) in [4.78, 5) is 28.4. The van der Waals surface area contributed by atoms with Gasteiger partial charge < -0.3 is 37.5 Å². The van der Waals surface area contributed by atoms with Crippen molar-refractivity contribution < 1.29 is 14.7 Å². The van der Waals surface area contributed by atoms with E-state index in [9.17, 15) is 14.7 Å². The fourth-order valence-electron chi connectivity index (χ4n) is 4.44. The number of aliphatic hydroxyl groups excluding tert-OH is 1. The molecule has 1 saturated heterocycles. The minimum Gasteiger partial charge on any atom is -0.398 e. The van der Waals surface area contributed by atoms with Crippen LogP contribution < -0.4 is 27.4 Å². The number of rotatable bonds is 10. The highest BCUT2D eigenvalue weighted by Crippen LogP contribution is 2.27. The predicted octanol–water partition coefficient (Wildman–Crippen LogP) is 4.31. The SMILES string of the molecule is CC.CC.CCCc1cc(N2CCC(NCC(O)c3ccc(C(N)=O)cc3)CC2)[nH]c(=S)c1/C(N)=C(\C)C(N)=O. The smallest absolute Gasteiger partial charge is 0.248 e. The van der Waals surface area contributed by atoms with Gasteiger partial charge in [0.1, 0.15) is 10.5 Å². The Morgan fingerprint density at radius 1 is 1.10 bits per heavy atom. The summed E-state index contributed by atoms with van der Waals surface area (Å²) in [6.45, 7) is 13.8. The van der Waals surface area contributed by atoms with Gasteiger partial charge in [-0.2, -0.15) is 0 Å². The molecule has 1 aliphatic rings. The number of aromatic nitrogens is 1. The Morgan fingerprint density at radius 3 is 2.17 bits per heavy atom. The molecule has 0 spiro atoms. The standard InChI is InChI=1S/C26H36N6O3S.2C2H6/c1-3-4-18-13-21(31-26(36)22(18)23(27)15(2)24(28)34)32-11-9-19(10-12-32)30-14-20(33)16-5-7-17(8-6-16)25(29)35;2*1-2/h5-8,13,19-20,30,33H,3-4,9-12,14,27H2,1-2H3,(H2,28,34)(H2,29,35)(H,31,36);2*1-2H3/b23-15-;;. The fourth-order valence-corrected chi connectivity index (χ4v) is 4.79. The van der Waals surface area contributed by atoms with Gasteiger partial charge in [-0.1, -0.05) is 65.4 Å². The maximum Gasteiger partial charge on any atom is 0.248 e. The summed E-state index contributed by atoms with van der Waals surface area (Å²) in [6, 6.07) is 9.04. The lowest BCUT2D eigenvalue weighted by molar-refractivity contribution is -0.114. The number of nitrogens with zero attached hydrogens (tertiary/aromatic N) is 1. The van der Waals surface area contributed by atoms with Crippen molar-refractivity contribution in [3.8, 4) is 0 Å². The van der Waals surface area contributed by atoms with E-state index in [-0.39, 0.29) is 6.04 Å². The van der Waals surface area contributed by atoms with E-state index in [2.05, 4.69) is 28.2 Å². The maximum absolute atomic E-state index is 11.6. The zero-order chi connectivity index (χ0) is 30.4. The monoisotopic (exact) mass is 572 g/mol.